The van der Waals surface area contributed by atoms with Gasteiger partial charge in [-0.05, 0) is 42.8 Å². The molecule has 1 aromatic carbocycles. The molecule has 0 radical (unpaired) electrons. The second-order valence-corrected chi connectivity index (χ2v) is 11.6. The third-order valence-corrected chi connectivity index (χ3v) is 8.75. The van der Waals surface area contributed by atoms with E-state index < -0.39 is 16.0 Å². The zero-order valence-corrected chi connectivity index (χ0v) is 23.0. The number of pyridine rings is 3. The van der Waals surface area contributed by atoms with E-state index in [4.69, 9.17) is 4.74 Å². The Morgan fingerprint density at radius 3 is 2.61 bits per heavy atom. The third kappa shape index (κ3) is 4.67. The number of hydrogen-bond acceptors (Lipinski definition) is 8. The number of hydrogen-bond donors (Lipinski definition) is 0. The minimum absolute atomic E-state index is 0.0297. The molecule has 0 spiro atoms. The fourth-order valence-electron chi connectivity index (χ4n) is 5.06. The van der Waals surface area contributed by atoms with Crippen LogP contribution >= 0.6 is 0 Å². The molecule has 0 N–H and O–H groups in total. The van der Waals surface area contributed by atoms with Crippen LogP contribution in [0.25, 0.3) is 0 Å². The number of anilines is 4. The van der Waals surface area contributed by atoms with Gasteiger partial charge in [-0.25, -0.2) is 13.4 Å². The van der Waals surface area contributed by atoms with Gasteiger partial charge in [0.1, 0.15) is 23.9 Å². The van der Waals surface area contributed by atoms with Crippen LogP contribution in [0.2, 0.25) is 0 Å². The first kappa shape index (κ1) is 26.4. The number of amides is 1. The number of carbonyl (C=O) groups excluding carboxylic acids is 1. The molecular weight excluding hydrogens is 551 g/mol. The van der Waals surface area contributed by atoms with E-state index in [1.807, 2.05) is 6.92 Å². The van der Waals surface area contributed by atoms with Gasteiger partial charge in [0.2, 0.25) is 16.0 Å². The first-order chi connectivity index (χ1) is 19.7. The summed E-state index contributed by atoms with van der Waals surface area (Å²) < 4.78 is 48.2. The van der Waals surface area contributed by atoms with Crippen LogP contribution in [-0.2, 0) is 28.9 Å². The van der Waals surface area contributed by atoms with Gasteiger partial charge in [0, 0.05) is 43.0 Å². The van der Waals surface area contributed by atoms with Crippen molar-refractivity contribution in [1.82, 2.24) is 9.97 Å². The number of benzene rings is 1. The zero-order valence-electron chi connectivity index (χ0n) is 22.2. The Hall–Kier alpha value is -4.78. The molecular formula is C28H25FN6O5S. The molecule has 210 valence electrons. The molecule has 3 aromatic heterocycles. The molecule has 0 unspecified atom stereocenters. The lowest BCUT2D eigenvalue weighted by Gasteiger charge is -2.22. The van der Waals surface area contributed by atoms with E-state index in [0.717, 1.165) is 0 Å². The number of fused-ring (bicyclic) bond motifs is 3. The molecule has 2 aliphatic rings. The fourth-order valence-corrected chi connectivity index (χ4v) is 6.69. The van der Waals surface area contributed by atoms with E-state index in [0.29, 0.717) is 62.3 Å². The van der Waals surface area contributed by atoms with E-state index in [2.05, 4.69) is 9.97 Å². The SMILES string of the molecule is CCN1c2ncc(COc3cccc4c3CS(=O)(=O)N4Cc3cc[n+]([O-])cc3)cc2C(=O)N(C)c2ccc(F)nc21. The predicted molar refractivity (Wildman–Crippen MR) is 149 cm³/mol. The average Bonchev–Trinajstić information content (AvgIpc) is 3.18. The number of carbonyl (C=O) groups is 1. The molecule has 6 rings (SSSR count). The smallest absolute Gasteiger partial charge is 0.261 e. The average molecular weight is 577 g/mol. The Morgan fingerprint density at radius 1 is 1.07 bits per heavy atom. The molecule has 11 nitrogen and oxygen atoms in total. The molecule has 0 aliphatic carbocycles. The van der Waals surface area contributed by atoms with Gasteiger partial charge in [-0.1, -0.05) is 6.07 Å². The Balaban J connectivity index is 1.28. The molecule has 2 aliphatic heterocycles. The van der Waals surface area contributed by atoms with Gasteiger partial charge >= 0.3 is 0 Å². The summed E-state index contributed by atoms with van der Waals surface area (Å²) in [6.45, 7) is 2.38. The van der Waals surface area contributed by atoms with Crippen molar-refractivity contribution in [2.24, 2.45) is 0 Å². The van der Waals surface area contributed by atoms with Crippen LogP contribution in [0.5, 0.6) is 5.75 Å². The molecule has 13 heteroatoms. The van der Waals surface area contributed by atoms with Crippen molar-refractivity contribution >= 4 is 38.9 Å². The fraction of sp³-hybridized carbons (Fsp3) is 0.214. The molecule has 41 heavy (non-hydrogen) atoms. The standard InChI is InChI=1S/C28H25FN6O5S/c1-3-34-26-20(28(36)32(2)23-7-8-25(29)31-27(23)34)13-19(14-30-26)16-40-24-6-4-5-22-21(24)17-41(38,39)35(22)15-18-9-11-33(37)12-10-18/h4-14H,3,15-17H2,1-2H3. The van der Waals surface area contributed by atoms with Gasteiger partial charge in [-0.2, -0.15) is 14.1 Å². The topological polar surface area (TPSA) is 123 Å². The van der Waals surface area contributed by atoms with Gasteiger partial charge in [0.15, 0.2) is 18.2 Å². The first-order valence-corrected chi connectivity index (χ1v) is 14.4. The lowest BCUT2D eigenvalue weighted by atomic mass is 10.1. The van der Waals surface area contributed by atoms with Gasteiger partial charge < -0.3 is 19.7 Å². The van der Waals surface area contributed by atoms with Crippen molar-refractivity contribution in [3.8, 4) is 5.75 Å². The van der Waals surface area contributed by atoms with Crippen LogP contribution in [0.1, 0.15) is 34.0 Å². The van der Waals surface area contributed by atoms with E-state index >= 15 is 0 Å². The molecule has 5 heterocycles. The van der Waals surface area contributed by atoms with Crippen LogP contribution in [0.15, 0.2) is 67.1 Å². The van der Waals surface area contributed by atoms with Gasteiger partial charge in [-0.3, -0.25) is 9.10 Å². The van der Waals surface area contributed by atoms with Crippen LogP contribution in [0, 0.1) is 11.2 Å². The summed E-state index contributed by atoms with van der Waals surface area (Å²) in [6, 6.07) is 12.7. The molecule has 4 aromatic rings. The summed E-state index contributed by atoms with van der Waals surface area (Å²) >= 11 is 0. The second-order valence-electron chi connectivity index (χ2n) is 9.67. The quantitative estimate of drug-likeness (QED) is 0.194. The highest BCUT2D eigenvalue weighted by Gasteiger charge is 2.36. The van der Waals surface area contributed by atoms with Crippen LogP contribution in [0.4, 0.5) is 27.4 Å². The minimum atomic E-state index is -3.66. The van der Waals surface area contributed by atoms with E-state index in [-0.39, 0.29) is 24.8 Å². The normalized spacial score (nSPS) is 15.3. The Labute approximate surface area is 235 Å². The van der Waals surface area contributed by atoms with Crippen molar-refractivity contribution in [3.63, 3.8) is 0 Å². The lowest BCUT2D eigenvalue weighted by molar-refractivity contribution is -0.605. The van der Waals surface area contributed by atoms with Crippen molar-refractivity contribution in [2.75, 3.05) is 27.7 Å². The number of ether oxygens (including phenoxy) is 1. The second kappa shape index (κ2) is 10.0. The number of aromatic nitrogens is 3. The molecule has 0 atom stereocenters. The lowest BCUT2D eigenvalue weighted by Crippen LogP contribution is -2.28. The Morgan fingerprint density at radius 2 is 1.85 bits per heavy atom. The molecule has 1 amide bonds. The zero-order chi connectivity index (χ0) is 28.9. The van der Waals surface area contributed by atoms with Crippen molar-refractivity contribution in [1.29, 1.82) is 0 Å². The highest BCUT2D eigenvalue weighted by Crippen LogP contribution is 2.41. The van der Waals surface area contributed by atoms with Crippen LogP contribution in [-0.4, -0.2) is 37.9 Å². The maximum absolute atomic E-state index is 14.0. The largest absolute Gasteiger partial charge is 0.619 e. The summed E-state index contributed by atoms with van der Waals surface area (Å²) in [6.07, 6.45) is 4.22. The van der Waals surface area contributed by atoms with Crippen molar-refractivity contribution in [3.05, 3.63) is 101 Å². The van der Waals surface area contributed by atoms with Crippen LogP contribution in [0.3, 0.4) is 0 Å². The molecule has 0 saturated carbocycles. The summed E-state index contributed by atoms with van der Waals surface area (Å²) in [4.78, 5) is 25.1. The number of sulfonamides is 1. The van der Waals surface area contributed by atoms with Crippen LogP contribution < -0.4 is 23.6 Å². The highest BCUT2D eigenvalue weighted by molar-refractivity contribution is 7.92. The summed E-state index contributed by atoms with van der Waals surface area (Å²) in [5.74, 6) is -0.161. The monoisotopic (exact) mass is 576 g/mol. The number of nitrogens with zero attached hydrogens (tertiary/aromatic N) is 6. The summed E-state index contributed by atoms with van der Waals surface area (Å²) in [5, 5.41) is 11.4. The van der Waals surface area contributed by atoms with Gasteiger partial charge in [0.25, 0.3) is 5.91 Å². The molecule has 0 bridgehead atoms. The number of rotatable bonds is 6. The van der Waals surface area contributed by atoms with Crippen molar-refractivity contribution in [2.45, 2.75) is 25.8 Å². The van der Waals surface area contributed by atoms with Gasteiger partial charge in [-0.15, -0.1) is 0 Å². The highest BCUT2D eigenvalue weighted by atomic mass is 32.2. The van der Waals surface area contributed by atoms with Crippen molar-refractivity contribution < 1.29 is 27.1 Å². The summed E-state index contributed by atoms with van der Waals surface area (Å²) in [5.41, 5.74) is 3.07. The Bertz CT molecular complexity index is 1780. The molecule has 0 fully saturated rings. The predicted octanol–water partition coefficient (Wildman–Crippen LogP) is 3.43. The molecule has 0 saturated heterocycles. The first-order valence-electron chi connectivity index (χ1n) is 12.8. The Kier molecular flexibility index (Phi) is 6.45. The maximum Gasteiger partial charge on any atom is 0.261 e. The van der Waals surface area contributed by atoms with E-state index in [1.54, 1.807) is 54.5 Å². The maximum atomic E-state index is 14.0. The number of halogens is 1. The third-order valence-electron chi connectivity index (χ3n) is 7.10. The minimum Gasteiger partial charge on any atom is -0.619 e. The van der Waals surface area contributed by atoms with E-state index in [9.17, 15) is 22.8 Å². The van der Waals surface area contributed by atoms with Gasteiger partial charge in [0.05, 0.1) is 23.5 Å². The van der Waals surface area contributed by atoms with E-state index in [1.165, 1.54) is 33.7 Å². The summed E-state index contributed by atoms with van der Waals surface area (Å²) in [7, 11) is -2.06.